The SMILES string of the molecule is CCNC(CC1CCOCC1)C1(c2ccccc2)CCC1. The molecule has 1 N–H and O–H groups in total. The van der Waals surface area contributed by atoms with E-state index in [4.69, 9.17) is 4.74 Å². The van der Waals surface area contributed by atoms with Gasteiger partial charge in [-0.15, -0.1) is 0 Å². The van der Waals surface area contributed by atoms with Gasteiger partial charge in [-0.3, -0.25) is 0 Å². The van der Waals surface area contributed by atoms with Crippen LogP contribution in [0.15, 0.2) is 30.3 Å². The van der Waals surface area contributed by atoms with Crippen molar-refractivity contribution in [3.8, 4) is 0 Å². The lowest BCUT2D eigenvalue weighted by molar-refractivity contribution is 0.0502. The number of ether oxygens (including phenoxy) is 1. The monoisotopic (exact) mass is 287 g/mol. The molecular formula is C19H29NO. The molecule has 2 aliphatic rings. The predicted octanol–water partition coefficient (Wildman–Crippen LogP) is 3.90. The maximum absolute atomic E-state index is 5.53. The van der Waals surface area contributed by atoms with Gasteiger partial charge in [0.2, 0.25) is 0 Å². The molecule has 0 radical (unpaired) electrons. The molecule has 1 saturated carbocycles. The third-order valence-electron chi connectivity index (χ3n) is 5.62. The van der Waals surface area contributed by atoms with Crippen molar-refractivity contribution in [1.29, 1.82) is 0 Å². The third-order valence-corrected chi connectivity index (χ3v) is 5.62. The Morgan fingerprint density at radius 2 is 1.90 bits per heavy atom. The van der Waals surface area contributed by atoms with Crippen LogP contribution in [-0.4, -0.2) is 25.8 Å². The lowest BCUT2D eigenvalue weighted by Gasteiger charge is -2.50. The molecule has 0 aromatic heterocycles. The van der Waals surface area contributed by atoms with Gasteiger partial charge in [0.15, 0.2) is 0 Å². The number of likely N-dealkylation sites (N-methyl/N-ethyl adjacent to an activating group) is 1. The fourth-order valence-electron chi connectivity index (χ4n) is 4.23. The van der Waals surface area contributed by atoms with Crippen molar-refractivity contribution in [2.45, 2.75) is 56.9 Å². The van der Waals surface area contributed by atoms with Crippen LogP contribution in [0.3, 0.4) is 0 Å². The number of rotatable bonds is 6. The average Bonchev–Trinajstić information content (AvgIpc) is 2.48. The first-order chi connectivity index (χ1) is 10.3. The summed E-state index contributed by atoms with van der Waals surface area (Å²) in [4.78, 5) is 0. The van der Waals surface area contributed by atoms with E-state index in [2.05, 4.69) is 42.6 Å². The van der Waals surface area contributed by atoms with Crippen LogP contribution in [0.4, 0.5) is 0 Å². The van der Waals surface area contributed by atoms with Crippen LogP contribution in [0.1, 0.15) is 51.0 Å². The highest BCUT2D eigenvalue weighted by molar-refractivity contribution is 5.30. The van der Waals surface area contributed by atoms with Gasteiger partial charge in [0.1, 0.15) is 0 Å². The minimum absolute atomic E-state index is 0.384. The first kappa shape index (κ1) is 15.1. The van der Waals surface area contributed by atoms with Crippen molar-refractivity contribution in [2.75, 3.05) is 19.8 Å². The zero-order valence-corrected chi connectivity index (χ0v) is 13.3. The van der Waals surface area contributed by atoms with Crippen LogP contribution >= 0.6 is 0 Å². The Morgan fingerprint density at radius 3 is 2.48 bits per heavy atom. The molecule has 0 spiro atoms. The molecule has 1 heterocycles. The van der Waals surface area contributed by atoms with Gasteiger partial charge in [0, 0.05) is 24.7 Å². The Balaban J connectivity index is 1.77. The van der Waals surface area contributed by atoms with E-state index >= 15 is 0 Å². The summed E-state index contributed by atoms with van der Waals surface area (Å²) >= 11 is 0. The van der Waals surface area contributed by atoms with Gasteiger partial charge >= 0.3 is 0 Å². The van der Waals surface area contributed by atoms with Crippen LogP contribution in [0.25, 0.3) is 0 Å². The highest BCUT2D eigenvalue weighted by atomic mass is 16.5. The minimum atomic E-state index is 0.384. The molecule has 1 aliphatic heterocycles. The first-order valence-corrected chi connectivity index (χ1v) is 8.72. The molecular weight excluding hydrogens is 258 g/mol. The predicted molar refractivity (Wildman–Crippen MR) is 87.6 cm³/mol. The lowest BCUT2D eigenvalue weighted by Crippen LogP contribution is -2.53. The zero-order chi connectivity index (χ0) is 14.5. The molecule has 21 heavy (non-hydrogen) atoms. The van der Waals surface area contributed by atoms with Gasteiger partial charge in [-0.2, -0.15) is 0 Å². The van der Waals surface area contributed by atoms with Crippen molar-refractivity contribution < 1.29 is 4.74 Å². The summed E-state index contributed by atoms with van der Waals surface area (Å²) in [7, 11) is 0. The minimum Gasteiger partial charge on any atom is -0.381 e. The number of benzene rings is 1. The molecule has 0 amide bonds. The molecule has 1 aromatic rings. The van der Waals surface area contributed by atoms with Gasteiger partial charge in [-0.25, -0.2) is 0 Å². The third kappa shape index (κ3) is 3.17. The standard InChI is InChI=1S/C19H29NO/c1-2-20-18(15-16-9-13-21-14-10-16)19(11-6-12-19)17-7-4-3-5-8-17/h3-5,7-8,16,18,20H,2,6,9-15H2,1H3. The molecule has 3 rings (SSSR count). The largest absolute Gasteiger partial charge is 0.381 e. The number of hydrogen-bond donors (Lipinski definition) is 1. The zero-order valence-electron chi connectivity index (χ0n) is 13.3. The topological polar surface area (TPSA) is 21.3 Å². The fraction of sp³-hybridized carbons (Fsp3) is 0.684. The maximum atomic E-state index is 5.53. The quantitative estimate of drug-likeness (QED) is 0.856. The molecule has 2 fully saturated rings. The lowest BCUT2D eigenvalue weighted by atomic mass is 9.58. The second kappa shape index (κ2) is 6.93. The van der Waals surface area contributed by atoms with E-state index in [1.54, 1.807) is 5.56 Å². The summed E-state index contributed by atoms with van der Waals surface area (Å²) in [5, 5.41) is 3.83. The summed E-state index contributed by atoms with van der Waals surface area (Å²) in [5.41, 5.74) is 1.93. The smallest absolute Gasteiger partial charge is 0.0468 e. The van der Waals surface area contributed by atoms with Crippen LogP contribution in [0, 0.1) is 5.92 Å². The van der Waals surface area contributed by atoms with Crippen molar-refractivity contribution in [3.63, 3.8) is 0 Å². The van der Waals surface area contributed by atoms with Crippen LogP contribution in [0.5, 0.6) is 0 Å². The van der Waals surface area contributed by atoms with Crippen molar-refractivity contribution in [1.82, 2.24) is 5.32 Å². The number of nitrogens with one attached hydrogen (secondary N) is 1. The Labute approximate surface area is 129 Å². The summed E-state index contributed by atoms with van der Waals surface area (Å²) in [5.74, 6) is 0.837. The Morgan fingerprint density at radius 1 is 1.19 bits per heavy atom. The Bertz CT molecular complexity index is 420. The normalized spacial score (nSPS) is 23.5. The average molecular weight is 287 g/mol. The van der Waals surface area contributed by atoms with Gasteiger partial charge in [0.25, 0.3) is 0 Å². The van der Waals surface area contributed by atoms with Crippen LogP contribution in [0.2, 0.25) is 0 Å². The van der Waals surface area contributed by atoms with E-state index < -0.39 is 0 Å². The van der Waals surface area contributed by atoms with Gasteiger partial charge in [-0.05, 0) is 50.1 Å². The maximum Gasteiger partial charge on any atom is 0.0468 e. The molecule has 1 aliphatic carbocycles. The van der Waals surface area contributed by atoms with E-state index in [-0.39, 0.29) is 0 Å². The first-order valence-electron chi connectivity index (χ1n) is 8.72. The molecule has 2 heteroatoms. The van der Waals surface area contributed by atoms with E-state index in [0.29, 0.717) is 11.5 Å². The highest BCUT2D eigenvalue weighted by Crippen LogP contribution is 2.48. The van der Waals surface area contributed by atoms with Gasteiger partial charge < -0.3 is 10.1 Å². The van der Waals surface area contributed by atoms with E-state index in [9.17, 15) is 0 Å². The summed E-state index contributed by atoms with van der Waals surface area (Å²) in [6.07, 6.45) is 7.87. The number of hydrogen-bond acceptors (Lipinski definition) is 2. The van der Waals surface area contributed by atoms with Crippen LogP contribution < -0.4 is 5.32 Å². The Hall–Kier alpha value is -0.860. The molecule has 2 nitrogen and oxygen atoms in total. The summed E-state index contributed by atoms with van der Waals surface area (Å²) in [6, 6.07) is 11.8. The Kier molecular flexibility index (Phi) is 4.97. The second-order valence-corrected chi connectivity index (χ2v) is 6.78. The highest BCUT2D eigenvalue weighted by Gasteiger charge is 2.45. The van der Waals surface area contributed by atoms with E-state index in [0.717, 1.165) is 25.7 Å². The molecule has 0 bridgehead atoms. The fourth-order valence-corrected chi connectivity index (χ4v) is 4.23. The second-order valence-electron chi connectivity index (χ2n) is 6.78. The van der Waals surface area contributed by atoms with E-state index in [1.807, 2.05) is 0 Å². The van der Waals surface area contributed by atoms with Crippen molar-refractivity contribution in [2.24, 2.45) is 5.92 Å². The summed E-state index contributed by atoms with van der Waals surface area (Å²) in [6.45, 7) is 5.24. The van der Waals surface area contributed by atoms with Crippen molar-refractivity contribution >= 4 is 0 Å². The molecule has 116 valence electrons. The summed E-state index contributed by atoms with van der Waals surface area (Å²) < 4.78 is 5.53. The molecule has 1 aromatic carbocycles. The molecule has 1 unspecified atom stereocenters. The molecule has 1 saturated heterocycles. The van der Waals surface area contributed by atoms with E-state index in [1.165, 1.54) is 38.5 Å². The van der Waals surface area contributed by atoms with Crippen LogP contribution in [-0.2, 0) is 10.2 Å². The molecule has 1 atom stereocenters. The van der Waals surface area contributed by atoms with Crippen molar-refractivity contribution in [3.05, 3.63) is 35.9 Å². The van der Waals surface area contributed by atoms with Gasteiger partial charge in [0.05, 0.1) is 0 Å². The van der Waals surface area contributed by atoms with Gasteiger partial charge in [-0.1, -0.05) is 43.7 Å².